The number of rotatable bonds is 2. The van der Waals surface area contributed by atoms with Gasteiger partial charge in [-0.3, -0.25) is 4.90 Å². The van der Waals surface area contributed by atoms with Gasteiger partial charge in [0.2, 0.25) is 0 Å². The van der Waals surface area contributed by atoms with Crippen LogP contribution in [0.5, 0.6) is 5.75 Å². The Morgan fingerprint density at radius 3 is 2.76 bits per heavy atom. The van der Waals surface area contributed by atoms with Gasteiger partial charge in [0, 0.05) is 6.54 Å². The average molecular weight is 287 g/mol. The Morgan fingerprint density at radius 1 is 1.43 bits per heavy atom. The zero-order valence-corrected chi connectivity index (χ0v) is 13.0. The molecule has 1 aromatic rings. The summed E-state index contributed by atoms with van der Waals surface area (Å²) in [7, 11) is 0. The van der Waals surface area contributed by atoms with E-state index in [9.17, 15) is 4.79 Å². The minimum Gasteiger partial charge on any atom is -0.481 e. The van der Waals surface area contributed by atoms with Crippen LogP contribution >= 0.6 is 0 Å². The topological polar surface area (TPSA) is 38.8 Å². The van der Waals surface area contributed by atoms with Gasteiger partial charge in [-0.15, -0.1) is 6.42 Å². The second-order valence-corrected chi connectivity index (χ2v) is 6.12. The van der Waals surface area contributed by atoms with Gasteiger partial charge in [-0.2, -0.15) is 0 Å². The van der Waals surface area contributed by atoms with Crippen molar-refractivity contribution in [3.05, 3.63) is 23.3 Å². The summed E-state index contributed by atoms with van der Waals surface area (Å²) in [4.78, 5) is 14.0. The molecule has 2 rings (SSSR count). The van der Waals surface area contributed by atoms with E-state index in [0.717, 1.165) is 29.0 Å². The summed E-state index contributed by atoms with van der Waals surface area (Å²) in [6, 6.07) is 3.85. The Morgan fingerprint density at radius 2 is 2.14 bits per heavy atom. The van der Waals surface area contributed by atoms with Crippen molar-refractivity contribution >= 4 is 11.8 Å². The summed E-state index contributed by atoms with van der Waals surface area (Å²) >= 11 is 0. The first-order valence-electron chi connectivity index (χ1n) is 7.02. The number of fused-ring (bicyclic) bond motifs is 1. The quantitative estimate of drug-likeness (QED) is 0.783. The van der Waals surface area contributed by atoms with Gasteiger partial charge in [0.05, 0.1) is 5.69 Å². The maximum absolute atomic E-state index is 12.3. The molecule has 1 aliphatic heterocycles. The van der Waals surface area contributed by atoms with E-state index in [-0.39, 0.29) is 12.7 Å². The molecular weight excluding hydrogens is 266 g/mol. The van der Waals surface area contributed by atoms with E-state index in [1.165, 1.54) is 0 Å². The molecule has 4 nitrogen and oxygen atoms in total. The molecule has 1 aromatic carbocycles. The van der Waals surface area contributed by atoms with Gasteiger partial charge >= 0.3 is 6.09 Å². The van der Waals surface area contributed by atoms with Gasteiger partial charge in [-0.05, 0) is 57.4 Å². The number of terminal acetylenes is 1. The van der Waals surface area contributed by atoms with Gasteiger partial charge < -0.3 is 9.47 Å². The van der Waals surface area contributed by atoms with Crippen LogP contribution in [-0.4, -0.2) is 24.8 Å². The lowest BCUT2D eigenvalue weighted by Crippen LogP contribution is -2.36. The summed E-state index contributed by atoms with van der Waals surface area (Å²) in [6.45, 7) is 8.43. The molecule has 0 saturated heterocycles. The zero-order valence-electron chi connectivity index (χ0n) is 13.0. The van der Waals surface area contributed by atoms with E-state index in [1.807, 2.05) is 39.8 Å². The lowest BCUT2D eigenvalue weighted by molar-refractivity contribution is 0.0583. The van der Waals surface area contributed by atoms with Crippen LogP contribution in [0.3, 0.4) is 0 Å². The summed E-state index contributed by atoms with van der Waals surface area (Å²) in [5.74, 6) is 3.19. The monoisotopic (exact) mass is 287 g/mol. The van der Waals surface area contributed by atoms with Crippen molar-refractivity contribution in [3.8, 4) is 18.1 Å². The minimum atomic E-state index is -0.496. The Kier molecular flexibility index (Phi) is 4.13. The molecule has 0 atom stereocenters. The predicted octanol–water partition coefficient (Wildman–Crippen LogP) is 3.30. The Labute approximate surface area is 126 Å². The fourth-order valence-corrected chi connectivity index (χ4v) is 2.45. The second kappa shape index (κ2) is 5.69. The second-order valence-electron chi connectivity index (χ2n) is 6.12. The maximum Gasteiger partial charge on any atom is 0.414 e. The van der Waals surface area contributed by atoms with Crippen LogP contribution in [0.15, 0.2) is 12.1 Å². The van der Waals surface area contributed by atoms with Crippen LogP contribution in [0.2, 0.25) is 0 Å². The van der Waals surface area contributed by atoms with E-state index >= 15 is 0 Å². The fourth-order valence-electron chi connectivity index (χ4n) is 2.45. The van der Waals surface area contributed by atoms with Crippen molar-refractivity contribution in [2.24, 2.45) is 0 Å². The first kappa shape index (κ1) is 15.2. The van der Waals surface area contributed by atoms with Crippen molar-refractivity contribution in [1.82, 2.24) is 0 Å². The number of aryl methyl sites for hydroxylation is 1. The highest BCUT2D eigenvalue weighted by atomic mass is 16.6. The fraction of sp³-hybridized carbons (Fsp3) is 0.471. The van der Waals surface area contributed by atoms with Gasteiger partial charge in [-0.25, -0.2) is 4.79 Å². The summed E-state index contributed by atoms with van der Waals surface area (Å²) in [6.07, 6.45) is 5.69. The van der Waals surface area contributed by atoms with Crippen LogP contribution < -0.4 is 9.64 Å². The predicted molar refractivity (Wildman–Crippen MR) is 82.8 cm³/mol. The molecule has 0 spiro atoms. The molecule has 0 N–H and O–H groups in total. The van der Waals surface area contributed by atoms with E-state index in [4.69, 9.17) is 15.9 Å². The largest absolute Gasteiger partial charge is 0.481 e. The molecule has 0 bridgehead atoms. The molecule has 0 fully saturated rings. The molecule has 21 heavy (non-hydrogen) atoms. The summed E-state index contributed by atoms with van der Waals surface area (Å²) in [5.41, 5.74) is 2.51. The number of hydrogen-bond donors (Lipinski definition) is 0. The van der Waals surface area contributed by atoms with Crippen molar-refractivity contribution in [2.45, 2.75) is 39.7 Å². The third-order valence-electron chi connectivity index (χ3n) is 3.16. The lowest BCUT2D eigenvalue weighted by atomic mass is 10.1. The van der Waals surface area contributed by atoms with Crippen LogP contribution in [-0.2, 0) is 11.2 Å². The molecule has 1 aliphatic rings. The first-order valence-corrected chi connectivity index (χ1v) is 7.02. The number of nitrogens with zero attached hydrogens (tertiary/aromatic N) is 1. The summed E-state index contributed by atoms with van der Waals surface area (Å²) < 4.78 is 10.9. The molecule has 0 saturated carbocycles. The van der Waals surface area contributed by atoms with Gasteiger partial charge in [0.15, 0.2) is 0 Å². The van der Waals surface area contributed by atoms with E-state index in [0.29, 0.717) is 6.54 Å². The molecule has 0 aromatic heterocycles. The van der Waals surface area contributed by atoms with Crippen LogP contribution in [0, 0.1) is 19.3 Å². The number of carbonyl (C=O) groups is 1. The standard InChI is InChI=1S/C17H21NO3/c1-6-9-20-14-10-12(2)15-13(11-14)7-8-18(15)16(19)21-17(3,4)5/h1,10-11H,7-9H2,2-5H3. The van der Waals surface area contributed by atoms with Gasteiger partial charge in [-0.1, -0.05) is 5.92 Å². The van der Waals surface area contributed by atoms with E-state index in [2.05, 4.69) is 5.92 Å². The molecular formula is C17H21NO3. The molecule has 0 unspecified atom stereocenters. The minimum absolute atomic E-state index is 0.244. The van der Waals surface area contributed by atoms with Crippen LogP contribution in [0.25, 0.3) is 0 Å². The van der Waals surface area contributed by atoms with E-state index < -0.39 is 5.60 Å². The third-order valence-corrected chi connectivity index (χ3v) is 3.16. The third kappa shape index (κ3) is 3.49. The molecule has 1 heterocycles. The lowest BCUT2D eigenvalue weighted by Gasteiger charge is -2.25. The molecule has 1 amide bonds. The number of hydrogen-bond acceptors (Lipinski definition) is 3. The molecule has 0 aliphatic carbocycles. The number of amides is 1. The average Bonchev–Trinajstić information content (AvgIpc) is 2.78. The summed E-state index contributed by atoms with van der Waals surface area (Å²) in [5, 5.41) is 0. The first-order chi connectivity index (χ1) is 9.81. The Hall–Kier alpha value is -2.15. The molecule has 4 heteroatoms. The molecule has 112 valence electrons. The number of benzene rings is 1. The Balaban J connectivity index is 2.24. The number of ether oxygens (including phenoxy) is 2. The van der Waals surface area contributed by atoms with Crippen LogP contribution in [0.1, 0.15) is 31.9 Å². The molecule has 0 radical (unpaired) electrons. The number of carbonyl (C=O) groups excluding carboxylic acids is 1. The van der Waals surface area contributed by atoms with Crippen molar-refractivity contribution in [3.63, 3.8) is 0 Å². The highest BCUT2D eigenvalue weighted by Crippen LogP contribution is 2.35. The number of anilines is 1. The maximum atomic E-state index is 12.3. The van der Waals surface area contributed by atoms with Gasteiger partial charge in [0.25, 0.3) is 0 Å². The smallest absolute Gasteiger partial charge is 0.414 e. The van der Waals surface area contributed by atoms with Crippen LogP contribution in [0.4, 0.5) is 10.5 Å². The Bertz CT molecular complexity index is 593. The van der Waals surface area contributed by atoms with Crippen molar-refractivity contribution < 1.29 is 14.3 Å². The van der Waals surface area contributed by atoms with E-state index in [1.54, 1.807) is 4.90 Å². The highest BCUT2D eigenvalue weighted by Gasteiger charge is 2.30. The van der Waals surface area contributed by atoms with Crippen molar-refractivity contribution in [1.29, 1.82) is 0 Å². The van der Waals surface area contributed by atoms with Gasteiger partial charge in [0.1, 0.15) is 18.0 Å². The normalized spacial score (nSPS) is 13.6. The zero-order chi connectivity index (χ0) is 15.6. The van der Waals surface area contributed by atoms with Crippen molar-refractivity contribution in [2.75, 3.05) is 18.1 Å². The highest BCUT2D eigenvalue weighted by molar-refractivity contribution is 5.92. The SMILES string of the molecule is C#CCOc1cc(C)c2c(c1)CCN2C(=O)OC(C)(C)C.